The summed E-state index contributed by atoms with van der Waals surface area (Å²) in [5.74, 6) is 0. The van der Waals surface area contributed by atoms with Gasteiger partial charge < -0.3 is 5.73 Å². The van der Waals surface area contributed by atoms with Crippen LogP contribution in [-0.4, -0.2) is 30.1 Å². The fraction of sp³-hybridized carbons (Fsp3) is 0.647. The molecule has 2 heteroatoms. The normalized spacial score (nSPS) is 14.6. The lowest BCUT2D eigenvalue weighted by Crippen LogP contribution is -2.55. The van der Waals surface area contributed by atoms with Gasteiger partial charge in [0.15, 0.2) is 0 Å². The van der Waals surface area contributed by atoms with Gasteiger partial charge in [-0.1, -0.05) is 57.5 Å². The van der Waals surface area contributed by atoms with Gasteiger partial charge in [0.1, 0.15) is 0 Å². The summed E-state index contributed by atoms with van der Waals surface area (Å²) < 4.78 is 0. The monoisotopic (exact) mass is 262 g/mol. The van der Waals surface area contributed by atoms with Crippen molar-refractivity contribution in [1.82, 2.24) is 4.90 Å². The maximum Gasteiger partial charge on any atom is 0.0369 e. The number of nitrogens with two attached hydrogens (primary N) is 1. The Hall–Kier alpha value is -0.860. The van der Waals surface area contributed by atoms with Crippen molar-refractivity contribution in [3.63, 3.8) is 0 Å². The van der Waals surface area contributed by atoms with Crippen molar-refractivity contribution in [2.75, 3.05) is 19.6 Å². The van der Waals surface area contributed by atoms with Gasteiger partial charge in [-0.2, -0.15) is 0 Å². The van der Waals surface area contributed by atoms with Crippen LogP contribution in [0.4, 0.5) is 0 Å². The van der Waals surface area contributed by atoms with Crippen molar-refractivity contribution in [1.29, 1.82) is 0 Å². The van der Waals surface area contributed by atoms with Crippen LogP contribution in [0.1, 0.15) is 45.6 Å². The van der Waals surface area contributed by atoms with Crippen molar-refractivity contribution in [3.05, 3.63) is 35.9 Å². The number of likely N-dealkylation sites (N-methyl/N-ethyl adjacent to an activating group) is 1. The summed E-state index contributed by atoms with van der Waals surface area (Å²) in [6.45, 7) is 9.74. The quantitative estimate of drug-likeness (QED) is 0.738. The highest BCUT2D eigenvalue weighted by molar-refractivity contribution is 5.18. The Kier molecular flexibility index (Phi) is 7.11. The molecule has 19 heavy (non-hydrogen) atoms. The van der Waals surface area contributed by atoms with Gasteiger partial charge in [-0.25, -0.2) is 0 Å². The van der Waals surface area contributed by atoms with Crippen molar-refractivity contribution in [2.24, 2.45) is 5.73 Å². The van der Waals surface area contributed by atoms with E-state index >= 15 is 0 Å². The van der Waals surface area contributed by atoms with E-state index in [1.54, 1.807) is 0 Å². The second-order valence-corrected chi connectivity index (χ2v) is 5.38. The van der Waals surface area contributed by atoms with Crippen LogP contribution in [0.25, 0.3) is 0 Å². The molecular weight excluding hydrogens is 232 g/mol. The molecule has 108 valence electrons. The number of benzene rings is 1. The first kappa shape index (κ1) is 16.2. The molecule has 0 heterocycles. The third kappa shape index (κ3) is 4.32. The molecule has 1 aromatic carbocycles. The molecule has 1 aromatic rings. The van der Waals surface area contributed by atoms with Gasteiger partial charge in [0.2, 0.25) is 0 Å². The molecule has 0 amide bonds. The van der Waals surface area contributed by atoms with E-state index in [1.807, 2.05) is 0 Å². The first-order valence-electron chi connectivity index (χ1n) is 7.71. The van der Waals surface area contributed by atoms with E-state index in [-0.39, 0.29) is 5.54 Å². The summed E-state index contributed by atoms with van der Waals surface area (Å²) in [4.78, 5) is 2.59. The first-order valence-corrected chi connectivity index (χ1v) is 7.71. The molecule has 0 spiro atoms. The van der Waals surface area contributed by atoms with E-state index in [1.165, 1.54) is 18.4 Å². The summed E-state index contributed by atoms with van der Waals surface area (Å²) >= 11 is 0. The summed E-state index contributed by atoms with van der Waals surface area (Å²) in [6.07, 6.45) is 4.66. The average Bonchev–Trinajstić information content (AvgIpc) is 2.47. The summed E-state index contributed by atoms with van der Waals surface area (Å²) in [5.41, 5.74) is 7.68. The van der Waals surface area contributed by atoms with Gasteiger partial charge in [-0.15, -0.1) is 0 Å². The lowest BCUT2D eigenvalue weighted by atomic mass is 9.86. The van der Waals surface area contributed by atoms with E-state index < -0.39 is 0 Å². The molecule has 0 radical (unpaired) electrons. The molecule has 2 nitrogen and oxygen atoms in total. The van der Waals surface area contributed by atoms with Crippen molar-refractivity contribution < 1.29 is 0 Å². The Balaban J connectivity index is 2.87. The molecule has 0 bridgehead atoms. The van der Waals surface area contributed by atoms with Crippen LogP contribution in [-0.2, 0) is 6.42 Å². The van der Waals surface area contributed by atoms with Crippen molar-refractivity contribution in [2.45, 2.75) is 52.0 Å². The van der Waals surface area contributed by atoms with E-state index in [9.17, 15) is 0 Å². The minimum Gasteiger partial charge on any atom is -0.329 e. The number of unbranched alkanes of at least 4 members (excludes halogenated alkanes) is 1. The van der Waals surface area contributed by atoms with Crippen LogP contribution in [0.15, 0.2) is 30.3 Å². The summed E-state index contributed by atoms with van der Waals surface area (Å²) in [6, 6.07) is 10.7. The highest BCUT2D eigenvalue weighted by atomic mass is 15.2. The van der Waals surface area contributed by atoms with E-state index in [0.717, 1.165) is 32.5 Å². The summed E-state index contributed by atoms with van der Waals surface area (Å²) in [7, 11) is 0. The minimum atomic E-state index is 0.116. The highest BCUT2D eigenvalue weighted by Crippen LogP contribution is 2.24. The van der Waals surface area contributed by atoms with Gasteiger partial charge in [-0.3, -0.25) is 4.90 Å². The fourth-order valence-electron chi connectivity index (χ4n) is 2.86. The van der Waals surface area contributed by atoms with Crippen LogP contribution in [0.3, 0.4) is 0 Å². The standard InChI is InChI=1S/C17H30N2/c1-4-7-13-19(6-3)17(5-2,15-18)14-16-11-9-8-10-12-16/h8-12H,4-7,13-15,18H2,1-3H3. The Bertz CT molecular complexity index is 330. The molecule has 0 aliphatic rings. The van der Waals surface area contributed by atoms with Crippen LogP contribution < -0.4 is 5.73 Å². The zero-order chi connectivity index (χ0) is 14.1. The number of nitrogens with zero attached hydrogens (tertiary/aromatic N) is 1. The van der Waals surface area contributed by atoms with E-state index in [2.05, 4.69) is 56.0 Å². The van der Waals surface area contributed by atoms with Crippen molar-refractivity contribution in [3.8, 4) is 0 Å². The molecular formula is C17H30N2. The van der Waals surface area contributed by atoms with Crippen LogP contribution in [0.5, 0.6) is 0 Å². The van der Waals surface area contributed by atoms with E-state index in [4.69, 9.17) is 5.73 Å². The lowest BCUT2D eigenvalue weighted by Gasteiger charge is -2.43. The fourth-order valence-corrected chi connectivity index (χ4v) is 2.86. The second kappa shape index (κ2) is 8.34. The van der Waals surface area contributed by atoms with Crippen LogP contribution in [0.2, 0.25) is 0 Å². The van der Waals surface area contributed by atoms with Gasteiger partial charge >= 0.3 is 0 Å². The molecule has 2 N–H and O–H groups in total. The Morgan fingerprint density at radius 1 is 1.11 bits per heavy atom. The topological polar surface area (TPSA) is 29.3 Å². The molecule has 0 fully saturated rings. The molecule has 1 atom stereocenters. The molecule has 0 saturated carbocycles. The predicted octanol–water partition coefficient (Wildman–Crippen LogP) is 3.46. The molecule has 1 rings (SSSR count). The molecule has 1 unspecified atom stereocenters. The lowest BCUT2D eigenvalue weighted by molar-refractivity contribution is 0.0931. The van der Waals surface area contributed by atoms with Crippen molar-refractivity contribution >= 4 is 0 Å². The Morgan fingerprint density at radius 2 is 1.79 bits per heavy atom. The number of hydrogen-bond donors (Lipinski definition) is 1. The SMILES string of the molecule is CCCCN(CC)C(CC)(CN)Cc1ccccc1. The molecule has 0 aromatic heterocycles. The Morgan fingerprint density at radius 3 is 2.26 bits per heavy atom. The smallest absolute Gasteiger partial charge is 0.0369 e. The third-order valence-corrected chi connectivity index (χ3v) is 4.25. The second-order valence-electron chi connectivity index (χ2n) is 5.38. The summed E-state index contributed by atoms with van der Waals surface area (Å²) in [5, 5.41) is 0. The maximum absolute atomic E-state index is 6.17. The maximum atomic E-state index is 6.17. The zero-order valence-electron chi connectivity index (χ0n) is 12.9. The molecule has 0 aliphatic carbocycles. The Labute approximate surface area is 119 Å². The third-order valence-electron chi connectivity index (χ3n) is 4.25. The van der Waals surface area contributed by atoms with Crippen LogP contribution in [0, 0.1) is 0 Å². The predicted molar refractivity (Wildman–Crippen MR) is 84.4 cm³/mol. The van der Waals surface area contributed by atoms with Gasteiger partial charge in [-0.05, 0) is 37.9 Å². The van der Waals surface area contributed by atoms with E-state index in [0.29, 0.717) is 0 Å². The number of rotatable bonds is 9. The van der Waals surface area contributed by atoms with Gasteiger partial charge in [0.05, 0.1) is 0 Å². The largest absolute Gasteiger partial charge is 0.329 e. The minimum absolute atomic E-state index is 0.116. The first-order chi connectivity index (χ1) is 9.22. The van der Waals surface area contributed by atoms with Gasteiger partial charge in [0.25, 0.3) is 0 Å². The zero-order valence-corrected chi connectivity index (χ0v) is 12.9. The highest BCUT2D eigenvalue weighted by Gasteiger charge is 2.32. The molecule has 0 aliphatic heterocycles. The van der Waals surface area contributed by atoms with Gasteiger partial charge in [0, 0.05) is 12.1 Å². The number of hydrogen-bond acceptors (Lipinski definition) is 2. The average molecular weight is 262 g/mol. The molecule has 0 saturated heterocycles. The van der Waals surface area contributed by atoms with Crippen LogP contribution >= 0.6 is 0 Å².